The van der Waals surface area contributed by atoms with Crippen molar-refractivity contribution in [3.8, 4) is 5.75 Å². The van der Waals surface area contributed by atoms with Crippen LogP contribution in [-0.4, -0.2) is 42.6 Å². The van der Waals surface area contributed by atoms with E-state index in [2.05, 4.69) is 12.2 Å². The summed E-state index contributed by atoms with van der Waals surface area (Å²) < 4.78 is 5.49. The molecular formula is C14H20Cl2N2O2. The molecular weight excluding hydrogens is 299 g/mol. The highest BCUT2D eigenvalue weighted by Crippen LogP contribution is 2.16. The number of carbonyl (C=O) groups excluding carboxylic acids is 1. The first-order valence-corrected chi connectivity index (χ1v) is 6.85. The lowest BCUT2D eigenvalue weighted by atomic mass is 10.1. The lowest BCUT2D eigenvalue weighted by Crippen LogP contribution is -2.57. The van der Waals surface area contributed by atoms with Crippen LogP contribution in [0.2, 0.25) is 5.02 Å². The maximum atomic E-state index is 12.1. The molecule has 1 N–H and O–H groups in total. The van der Waals surface area contributed by atoms with Crippen molar-refractivity contribution in [1.82, 2.24) is 10.2 Å². The van der Waals surface area contributed by atoms with Gasteiger partial charge >= 0.3 is 0 Å². The molecule has 1 aliphatic heterocycles. The van der Waals surface area contributed by atoms with Crippen molar-refractivity contribution in [2.45, 2.75) is 25.9 Å². The van der Waals surface area contributed by atoms with Gasteiger partial charge in [-0.15, -0.1) is 12.4 Å². The second kappa shape index (κ2) is 7.72. The summed E-state index contributed by atoms with van der Waals surface area (Å²) in [4.78, 5) is 14.0. The zero-order valence-corrected chi connectivity index (χ0v) is 13.2. The van der Waals surface area contributed by atoms with Gasteiger partial charge in [0.05, 0.1) is 0 Å². The zero-order chi connectivity index (χ0) is 13.8. The minimum Gasteiger partial charge on any atom is -0.484 e. The van der Waals surface area contributed by atoms with Gasteiger partial charge in [0.2, 0.25) is 0 Å². The van der Waals surface area contributed by atoms with Gasteiger partial charge in [0, 0.05) is 30.2 Å². The molecule has 0 saturated carbocycles. The van der Waals surface area contributed by atoms with E-state index >= 15 is 0 Å². The smallest absolute Gasteiger partial charge is 0.260 e. The van der Waals surface area contributed by atoms with Crippen LogP contribution in [0.15, 0.2) is 24.3 Å². The Balaban J connectivity index is 0.00000200. The fourth-order valence-corrected chi connectivity index (χ4v) is 2.25. The maximum absolute atomic E-state index is 12.1. The first-order chi connectivity index (χ1) is 9.06. The van der Waals surface area contributed by atoms with Gasteiger partial charge in [0.25, 0.3) is 5.91 Å². The third kappa shape index (κ3) is 4.54. The molecule has 0 aromatic heterocycles. The lowest BCUT2D eigenvalue weighted by molar-refractivity contribution is -0.136. The standard InChI is InChI=1S/C14H19ClN2O2.ClH/c1-10-8-17(11(2)7-16-10)14(18)9-19-13-5-3-12(15)4-6-13;/h3-6,10-11,16H,7-9H2,1-2H3;1H. The number of nitrogens with zero attached hydrogens (tertiary/aromatic N) is 1. The van der Waals surface area contributed by atoms with Crippen LogP contribution in [0.3, 0.4) is 0 Å². The highest BCUT2D eigenvalue weighted by molar-refractivity contribution is 6.30. The van der Waals surface area contributed by atoms with Gasteiger partial charge in [-0.2, -0.15) is 0 Å². The van der Waals surface area contributed by atoms with Crippen LogP contribution in [-0.2, 0) is 4.79 Å². The summed E-state index contributed by atoms with van der Waals surface area (Å²) in [7, 11) is 0. The van der Waals surface area contributed by atoms with Gasteiger partial charge in [0.15, 0.2) is 6.61 Å². The van der Waals surface area contributed by atoms with Crippen LogP contribution in [0.5, 0.6) is 5.75 Å². The van der Waals surface area contributed by atoms with E-state index in [1.807, 2.05) is 11.8 Å². The van der Waals surface area contributed by atoms with E-state index in [-0.39, 0.29) is 31.0 Å². The van der Waals surface area contributed by atoms with Gasteiger partial charge in [-0.05, 0) is 38.1 Å². The normalized spacial score (nSPS) is 22.1. The summed E-state index contributed by atoms with van der Waals surface area (Å²) in [5.41, 5.74) is 0. The first-order valence-electron chi connectivity index (χ1n) is 6.47. The fourth-order valence-electron chi connectivity index (χ4n) is 2.13. The molecule has 0 bridgehead atoms. The second-order valence-electron chi connectivity index (χ2n) is 4.95. The number of carbonyl (C=O) groups is 1. The van der Waals surface area contributed by atoms with E-state index in [1.165, 1.54) is 0 Å². The minimum atomic E-state index is 0. The first kappa shape index (κ1) is 17.1. The van der Waals surface area contributed by atoms with E-state index < -0.39 is 0 Å². The average molecular weight is 319 g/mol. The predicted molar refractivity (Wildman–Crippen MR) is 82.8 cm³/mol. The second-order valence-corrected chi connectivity index (χ2v) is 5.38. The van der Waals surface area contributed by atoms with Crippen molar-refractivity contribution in [1.29, 1.82) is 0 Å². The molecule has 1 fully saturated rings. The molecule has 0 aliphatic carbocycles. The third-order valence-electron chi connectivity index (χ3n) is 3.26. The molecule has 1 heterocycles. The Morgan fingerprint density at radius 2 is 2.05 bits per heavy atom. The molecule has 6 heteroatoms. The Hall–Kier alpha value is -0.970. The molecule has 4 nitrogen and oxygen atoms in total. The molecule has 1 aromatic carbocycles. The number of piperazine rings is 1. The Kier molecular flexibility index (Phi) is 6.59. The Morgan fingerprint density at radius 1 is 1.40 bits per heavy atom. The van der Waals surface area contributed by atoms with Crippen LogP contribution in [0.1, 0.15) is 13.8 Å². The Morgan fingerprint density at radius 3 is 2.70 bits per heavy atom. The number of halogens is 2. The number of hydrogen-bond donors (Lipinski definition) is 1. The number of ether oxygens (including phenoxy) is 1. The number of amides is 1. The van der Waals surface area contributed by atoms with Gasteiger partial charge in [-0.1, -0.05) is 11.6 Å². The minimum absolute atomic E-state index is 0. The molecule has 2 atom stereocenters. The van der Waals surface area contributed by atoms with Crippen molar-refractivity contribution >= 4 is 29.9 Å². The van der Waals surface area contributed by atoms with Gasteiger partial charge in [-0.25, -0.2) is 0 Å². The van der Waals surface area contributed by atoms with E-state index in [0.717, 1.165) is 13.1 Å². The molecule has 1 amide bonds. The molecule has 112 valence electrons. The van der Waals surface area contributed by atoms with E-state index in [1.54, 1.807) is 24.3 Å². The van der Waals surface area contributed by atoms with Crippen LogP contribution < -0.4 is 10.1 Å². The number of hydrogen-bond acceptors (Lipinski definition) is 3. The molecule has 1 saturated heterocycles. The summed E-state index contributed by atoms with van der Waals surface area (Å²) >= 11 is 5.79. The van der Waals surface area contributed by atoms with Crippen molar-refractivity contribution in [3.63, 3.8) is 0 Å². The van der Waals surface area contributed by atoms with E-state index in [0.29, 0.717) is 16.8 Å². The molecule has 1 aliphatic rings. The number of rotatable bonds is 3. The highest BCUT2D eigenvalue weighted by Gasteiger charge is 2.26. The summed E-state index contributed by atoms with van der Waals surface area (Å²) in [5, 5.41) is 4.00. The van der Waals surface area contributed by atoms with Gasteiger partial charge < -0.3 is 15.0 Å². The molecule has 0 radical (unpaired) electrons. The van der Waals surface area contributed by atoms with Crippen molar-refractivity contribution < 1.29 is 9.53 Å². The third-order valence-corrected chi connectivity index (χ3v) is 3.51. The summed E-state index contributed by atoms with van der Waals surface area (Å²) in [6.45, 7) is 5.74. The largest absolute Gasteiger partial charge is 0.484 e. The zero-order valence-electron chi connectivity index (χ0n) is 11.6. The Labute approximate surface area is 130 Å². The fraction of sp³-hybridized carbons (Fsp3) is 0.500. The number of nitrogens with one attached hydrogen (secondary N) is 1. The molecule has 0 spiro atoms. The SMILES string of the molecule is CC1CN(C(=O)COc2ccc(Cl)cc2)C(C)CN1.Cl. The van der Waals surface area contributed by atoms with Gasteiger partial charge in [0.1, 0.15) is 5.75 Å². The van der Waals surface area contributed by atoms with Crippen molar-refractivity contribution in [2.75, 3.05) is 19.7 Å². The summed E-state index contributed by atoms with van der Waals surface area (Å²) in [5.74, 6) is 0.685. The molecule has 2 unspecified atom stereocenters. The molecule has 2 rings (SSSR count). The lowest BCUT2D eigenvalue weighted by Gasteiger charge is -2.37. The van der Waals surface area contributed by atoms with Crippen LogP contribution in [0.4, 0.5) is 0 Å². The highest BCUT2D eigenvalue weighted by atomic mass is 35.5. The van der Waals surface area contributed by atoms with E-state index in [9.17, 15) is 4.79 Å². The molecule has 1 aromatic rings. The summed E-state index contributed by atoms with van der Waals surface area (Å²) in [6, 6.07) is 7.56. The van der Waals surface area contributed by atoms with Crippen LogP contribution in [0, 0.1) is 0 Å². The maximum Gasteiger partial charge on any atom is 0.260 e. The van der Waals surface area contributed by atoms with E-state index in [4.69, 9.17) is 16.3 Å². The summed E-state index contributed by atoms with van der Waals surface area (Å²) in [6.07, 6.45) is 0. The predicted octanol–water partition coefficient (Wildman–Crippen LogP) is 2.35. The van der Waals surface area contributed by atoms with Gasteiger partial charge in [-0.3, -0.25) is 4.79 Å². The number of benzene rings is 1. The van der Waals surface area contributed by atoms with Crippen molar-refractivity contribution in [3.05, 3.63) is 29.3 Å². The quantitative estimate of drug-likeness (QED) is 0.930. The van der Waals surface area contributed by atoms with Crippen LogP contribution in [0.25, 0.3) is 0 Å². The monoisotopic (exact) mass is 318 g/mol. The van der Waals surface area contributed by atoms with Crippen LogP contribution >= 0.6 is 24.0 Å². The average Bonchev–Trinajstić information content (AvgIpc) is 2.40. The topological polar surface area (TPSA) is 41.6 Å². The molecule has 20 heavy (non-hydrogen) atoms. The van der Waals surface area contributed by atoms with Crippen molar-refractivity contribution in [2.24, 2.45) is 0 Å². The Bertz CT molecular complexity index is 439.